The minimum absolute atomic E-state index is 0.774. The molecule has 1 atom stereocenters. The van der Waals surface area contributed by atoms with E-state index < -0.39 is 0 Å². The number of thioether (sulfide) groups is 1. The fourth-order valence-corrected chi connectivity index (χ4v) is 2.44. The average Bonchev–Trinajstić information content (AvgIpc) is 1.91. The lowest BCUT2D eigenvalue weighted by Gasteiger charge is -2.20. The molecule has 1 heterocycles. The van der Waals surface area contributed by atoms with Crippen molar-refractivity contribution in [1.29, 1.82) is 0 Å². The molecule has 3 heteroatoms. The van der Waals surface area contributed by atoms with Crippen molar-refractivity contribution in [3.8, 4) is 0 Å². The normalized spacial score (nSPS) is 28.3. The van der Waals surface area contributed by atoms with E-state index in [0.29, 0.717) is 0 Å². The second-order valence-corrected chi connectivity index (χ2v) is 3.96. The first-order chi connectivity index (χ1) is 4.43. The van der Waals surface area contributed by atoms with Crippen molar-refractivity contribution in [1.82, 2.24) is 5.32 Å². The summed E-state index contributed by atoms with van der Waals surface area (Å²) in [6.07, 6.45) is 1.15. The maximum atomic E-state index is 5.59. The highest BCUT2D eigenvalue weighted by Gasteiger charge is 2.11. The summed E-state index contributed by atoms with van der Waals surface area (Å²) in [5, 5.41) is 4.11. The Morgan fingerprint density at radius 3 is 3.11 bits per heavy atom. The lowest BCUT2D eigenvalue weighted by Crippen LogP contribution is -2.32. The standard InChI is InChI=1S/C6H12ClNS/c7-2-1-6-5-8-3-4-9-6/h6,8H,1-5H2. The van der Waals surface area contributed by atoms with Crippen LogP contribution in [0.2, 0.25) is 0 Å². The van der Waals surface area contributed by atoms with Crippen molar-refractivity contribution in [2.24, 2.45) is 0 Å². The zero-order valence-electron chi connectivity index (χ0n) is 5.40. The summed E-state index contributed by atoms with van der Waals surface area (Å²) in [4.78, 5) is 0. The molecule has 0 bridgehead atoms. The van der Waals surface area contributed by atoms with Crippen LogP contribution < -0.4 is 5.32 Å². The molecule has 1 rings (SSSR count). The van der Waals surface area contributed by atoms with Gasteiger partial charge in [0, 0.05) is 30.0 Å². The predicted octanol–water partition coefficient (Wildman–Crippen LogP) is 1.32. The van der Waals surface area contributed by atoms with Crippen molar-refractivity contribution in [2.45, 2.75) is 11.7 Å². The summed E-state index contributed by atoms with van der Waals surface area (Å²) in [5.41, 5.74) is 0. The van der Waals surface area contributed by atoms with Crippen LogP contribution in [0.5, 0.6) is 0 Å². The summed E-state index contributed by atoms with van der Waals surface area (Å²) in [6, 6.07) is 0. The average molecular weight is 166 g/mol. The first kappa shape index (κ1) is 7.70. The van der Waals surface area contributed by atoms with E-state index >= 15 is 0 Å². The second kappa shape index (κ2) is 4.42. The Kier molecular flexibility index (Phi) is 3.78. The van der Waals surface area contributed by atoms with Gasteiger partial charge in [0.25, 0.3) is 0 Å². The predicted molar refractivity (Wildman–Crippen MR) is 44.5 cm³/mol. The third kappa shape index (κ3) is 2.78. The second-order valence-electron chi connectivity index (χ2n) is 2.17. The Labute approximate surface area is 65.5 Å². The Bertz CT molecular complexity index is 70.7. The molecule has 1 aliphatic heterocycles. The monoisotopic (exact) mass is 165 g/mol. The van der Waals surface area contributed by atoms with Crippen LogP contribution >= 0.6 is 23.4 Å². The molecule has 0 radical (unpaired) electrons. The minimum atomic E-state index is 0.774. The van der Waals surface area contributed by atoms with Gasteiger partial charge in [-0.1, -0.05) is 0 Å². The topological polar surface area (TPSA) is 12.0 Å². The van der Waals surface area contributed by atoms with Crippen LogP contribution in [0.15, 0.2) is 0 Å². The van der Waals surface area contributed by atoms with Gasteiger partial charge >= 0.3 is 0 Å². The van der Waals surface area contributed by atoms with Crippen LogP contribution in [-0.2, 0) is 0 Å². The van der Waals surface area contributed by atoms with Gasteiger partial charge in [0.15, 0.2) is 0 Å². The zero-order valence-corrected chi connectivity index (χ0v) is 6.97. The first-order valence-corrected chi connectivity index (χ1v) is 4.90. The molecule has 1 unspecified atom stereocenters. The molecule has 1 aliphatic rings. The summed E-state index contributed by atoms with van der Waals surface area (Å²) < 4.78 is 0. The fourth-order valence-electron chi connectivity index (χ4n) is 0.927. The molecule has 0 spiro atoms. The quantitative estimate of drug-likeness (QED) is 0.620. The highest BCUT2D eigenvalue weighted by molar-refractivity contribution is 8.00. The van der Waals surface area contributed by atoms with Gasteiger partial charge in [0.05, 0.1) is 0 Å². The molecule has 0 aromatic heterocycles. The van der Waals surface area contributed by atoms with Crippen LogP contribution in [0.1, 0.15) is 6.42 Å². The molecule has 0 saturated carbocycles. The summed E-state index contributed by atoms with van der Waals surface area (Å²) in [6.45, 7) is 2.32. The molecule has 1 saturated heterocycles. The van der Waals surface area contributed by atoms with E-state index in [-0.39, 0.29) is 0 Å². The lowest BCUT2D eigenvalue weighted by molar-refractivity contribution is 0.659. The van der Waals surface area contributed by atoms with Gasteiger partial charge in [0.1, 0.15) is 0 Å². The largest absolute Gasteiger partial charge is 0.315 e. The minimum Gasteiger partial charge on any atom is -0.315 e. The highest BCUT2D eigenvalue weighted by atomic mass is 35.5. The molecule has 0 aromatic carbocycles. The van der Waals surface area contributed by atoms with Gasteiger partial charge < -0.3 is 5.32 Å². The summed E-state index contributed by atoms with van der Waals surface area (Å²) in [5.74, 6) is 2.06. The van der Waals surface area contributed by atoms with E-state index in [4.69, 9.17) is 11.6 Å². The summed E-state index contributed by atoms with van der Waals surface area (Å²) >= 11 is 7.63. The maximum absolute atomic E-state index is 5.59. The number of nitrogens with one attached hydrogen (secondary N) is 1. The maximum Gasteiger partial charge on any atom is 0.0234 e. The molecule has 0 aromatic rings. The Balaban J connectivity index is 2.08. The molecule has 9 heavy (non-hydrogen) atoms. The van der Waals surface area contributed by atoms with Crippen LogP contribution in [0, 0.1) is 0 Å². The Morgan fingerprint density at radius 2 is 2.56 bits per heavy atom. The van der Waals surface area contributed by atoms with E-state index in [1.165, 1.54) is 12.3 Å². The highest BCUT2D eigenvalue weighted by Crippen LogP contribution is 2.16. The Morgan fingerprint density at radius 1 is 1.67 bits per heavy atom. The molecule has 1 fully saturated rings. The molecule has 1 N–H and O–H groups in total. The Hall–Kier alpha value is 0.600. The van der Waals surface area contributed by atoms with Gasteiger partial charge in [-0.05, 0) is 6.42 Å². The number of hydrogen-bond acceptors (Lipinski definition) is 2. The van der Waals surface area contributed by atoms with E-state index in [2.05, 4.69) is 5.32 Å². The molecular formula is C6H12ClNS. The van der Waals surface area contributed by atoms with E-state index in [0.717, 1.165) is 24.1 Å². The van der Waals surface area contributed by atoms with Crippen molar-refractivity contribution >= 4 is 23.4 Å². The van der Waals surface area contributed by atoms with E-state index in [1.54, 1.807) is 0 Å². The van der Waals surface area contributed by atoms with Crippen LogP contribution in [0.4, 0.5) is 0 Å². The van der Waals surface area contributed by atoms with Crippen molar-refractivity contribution < 1.29 is 0 Å². The fraction of sp³-hybridized carbons (Fsp3) is 1.00. The van der Waals surface area contributed by atoms with Crippen molar-refractivity contribution in [2.75, 3.05) is 24.7 Å². The van der Waals surface area contributed by atoms with Crippen molar-refractivity contribution in [3.63, 3.8) is 0 Å². The zero-order chi connectivity index (χ0) is 6.53. The number of alkyl halides is 1. The van der Waals surface area contributed by atoms with Gasteiger partial charge in [-0.2, -0.15) is 11.8 Å². The van der Waals surface area contributed by atoms with Gasteiger partial charge in [-0.3, -0.25) is 0 Å². The molecule has 1 nitrogen and oxygen atoms in total. The lowest BCUT2D eigenvalue weighted by atomic mass is 10.3. The van der Waals surface area contributed by atoms with Crippen LogP contribution in [-0.4, -0.2) is 30.0 Å². The SMILES string of the molecule is ClCCC1CNCCS1. The number of halogens is 1. The van der Waals surface area contributed by atoms with E-state index in [1.807, 2.05) is 11.8 Å². The van der Waals surface area contributed by atoms with E-state index in [9.17, 15) is 0 Å². The van der Waals surface area contributed by atoms with Crippen molar-refractivity contribution in [3.05, 3.63) is 0 Å². The van der Waals surface area contributed by atoms with Gasteiger partial charge in [0.2, 0.25) is 0 Å². The third-order valence-electron chi connectivity index (χ3n) is 1.44. The summed E-state index contributed by atoms with van der Waals surface area (Å²) in [7, 11) is 0. The molecule has 54 valence electrons. The third-order valence-corrected chi connectivity index (χ3v) is 2.97. The first-order valence-electron chi connectivity index (χ1n) is 3.32. The molecule has 0 aliphatic carbocycles. The van der Waals surface area contributed by atoms with Crippen LogP contribution in [0.25, 0.3) is 0 Å². The van der Waals surface area contributed by atoms with Gasteiger partial charge in [-0.15, -0.1) is 11.6 Å². The molecule has 0 amide bonds. The van der Waals surface area contributed by atoms with Gasteiger partial charge in [-0.25, -0.2) is 0 Å². The smallest absolute Gasteiger partial charge is 0.0234 e. The van der Waals surface area contributed by atoms with Crippen LogP contribution in [0.3, 0.4) is 0 Å². The number of rotatable bonds is 2. The molecular weight excluding hydrogens is 154 g/mol. The number of hydrogen-bond donors (Lipinski definition) is 1.